The first-order valence-corrected chi connectivity index (χ1v) is 12.6. The highest BCUT2D eigenvalue weighted by atomic mass is 32.1. The number of carbonyl (C=O) groups is 2. The van der Waals surface area contributed by atoms with Gasteiger partial charge in [0.1, 0.15) is 21.2 Å². The average Bonchev–Trinajstić information content (AvgIpc) is 3.60. The van der Waals surface area contributed by atoms with Crippen molar-refractivity contribution >= 4 is 33.6 Å². The molecule has 0 saturated carbocycles. The van der Waals surface area contributed by atoms with E-state index < -0.39 is 11.7 Å². The summed E-state index contributed by atoms with van der Waals surface area (Å²) in [6.07, 6.45) is 4.92. The third kappa shape index (κ3) is 4.77. The average molecular weight is 502 g/mol. The number of carbonyl (C=O) groups excluding carboxylic acids is 2. The summed E-state index contributed by atoms with van der Waals surface area (Å²) >= 11 is 1.32. The molecule has 2 aromatic carbocycles. The van der Waals surface area contributed by atoms with E-state index in [2.05, 4.69) is 34.6 Å². The van der Waals surface area contributed by atoms with Crippen molar-refractivity contribution in [1.29, 1.82) is 0 Å². The molecular formula is C28H24FN3O3S. The molecule has 0 bridgehead atoms. The van der Waals surface area contributed by atoms with Crippen molar-refractivity contribution in [2.45, 2.75) is 25.2 Å². The Balaban J connectivity index is 1.30. The zero-order valence-corrected chi connectivity index (χ0v) is 20.5. The van der Waals surface area contributed by atoms with Gasteiger partial charge in [0.25, 0.3) is 5.91 Å². The smallest absolute Gasteiger partial charge is 0.305 e. The van der Waals surface area contributed by atoms with Crippen LogP contribution in [0, 0.1) is 5.82 Å². The lowest BCUT2D eigenvalue weighted by Crippen LogP contribution is -2.25. The summed E-state index contributed by atoms with van der Waals surface area (Å²) in [4.78, 5) is 33.9. The topological polar surface area (TPSA) is 81.2 Å². The van der Waals surface area contributed by atoms with Gasteiger partial charge in [0.05, 0.1) is 17.7 Å². The number of halogens is 1. The van der Waals surface area contributed by atoms with E-state index in [1.807, 2.05) is 30.3 Å². The van der Waals surface area contributed by atoms with Gasteiger partial charge in [0.2, 0.25) is 0 Å². The van der Waals surface area contributed by atoms with E-state index in [-0.39, 0.29) is 23.4 Å². The lowest BCUT2D eigenvalue weighted by Gasteiger charge is -2.15. The Morgan fingerprint density at radius 3 is 2.58 bits per heavy atom. The van der Waals surface area contributed by atoms with Crippen LogP contribution < -0.4 is 5.32 Å². The Hall–Kier alpha value is -3.91. The largest absolute Gasteiger partial charge is 0.466 e. The number of allylic oxidation sites excluding steroid dienone is 2. The summed E-state index contributed by atoms with van der Waals surface area (Å²) < 4.78 is 19.9. The number of nitrogens with one attached hydrogen (secondary N) is 1. The van der Waals surface area contributed by atoms with Gasteiger partial charge in [-0.1, -0.05) is 53.8 Å². The number of nitrogens with zero attached hydrogens (tertiary/aromatic N) is 2. The molecule has 8 heteroatoms. The summed E-state index contributed by atoms with van der Waals surface area (Å²) in [5.74, 6) is -1.23. The van der Waals surface area contributed by atoms with E-state index in [0.717, 1.165) is 16.1 Å². The van der Waals surface area contributed by atoms with Gasteiger partial charge in [0, 0.05) is 24.1 Å². The summed E-state index contributed by atoms with van der Waals surface area (Å²) in [5, 5.41) is 3.21. The molecule has 6 nitrogen and oxygen atoms in total. The summed E-state index contributed by atoms with van der Waals surface area (Å²) in [5.41, 5.74) is 3.00. The molecule has 1 amide bonds. The lowest BCUT2D eigenvalue weighted by atomic mass is 9.89. The predicted octanol–water partition coefficient (Wildman–Crippen LogP) is 5.43. The zero-order chi connectivity index (χ0) is 25.1. The van der Waals surface area contributed by atoms with Crippen molar-refractivity contribution in [2.24, 2.45) is 0 Å². The fourth-order valence-corrected chi connectivity index (χ4v) is 5.04. The number of thiazole rings is 1. The molecule has 0 spiro atoms. The van der Waals surface area contributed by atoms with E-state index in [9.17, 15) is 14.0 Å². The Labute approximate surface area is 211 Å². The van der Waals surface area contributed by atoms with Gasteiger partial charge in [-0.15, -0.1) is 0 Å². The van der Waals surface area contributed by atoms with Gasteiger partial charge in [0.15, 0.2) is 0 Å². The van der Waals surface area contributed by atoms with Crippen LogP contribution >= 0.6 is 11.3 Å². The number of aromatic nitrogens is 2. The SMILES string of the molecule is CCOC(=O)CCCNC(=O)c1ccc(-c2nc3ccc(C4(c5ccccc5)C=C4)nc3s2)c(F)c1. The van der Waals surface area contributed by atoms with Crippen molar-refractivity contribution in [3.05, 3.63) is 95.5 Å². The van der Waals surface area contributed by atoms with Crippen molar-refractivity contribution < 1.29 is 18.7 Å². The highest BCUT2D eigenvalue weighted by molar-refractivity contribution is 7.21. The molecule has 0 saturated heterocycles. The number of benzene rings is 2. The molecule has 0 radical (unpaired) electrons. The summed E-state index contributed by atoms with van der Waals surface area (Å²) in [6, 6.07) is 18.4. The first-order valence-electron chi connectivity index (χ1n) is 11.8. The molecule has 0 fully saturated rings. The van der Waals surface area contributed by atoms with Gasteiger partial charge >= 0.3 is 5.97 Å². The van der Waals surface area contributed by atoms with Crippen LogP contribution in [0.3, 0.4) is 0 Å². The fourth-order valence-electron chi connectivity index (χ4n) is 4.07. The molecule has 0 atom stereocenters. The van der Waals surface area contributed by atoms with Crippen LogP contribution in [-0.2, 0) is 14.9 Å². The normalized spacial score (nSPS) is 13.5. The maximum atomic E-state index is 15.0. The predicted molar refractivity (Wildman–Crippen MR) is 137 cm³/mol. The van der Waals surface area contributed by atoms with E-state index in [0.29, 0.717) is 35.7 Å². The van der Waals surface area contributed by atoms with E-state index in [1.54, 1.807) is 19.1 Å². The van der Waals surface area contributed by atoms with Crippen molar-refractivity contribution in [3.63, 3.8) is 0 Å². The number of esters is 1. The van der Waals surface area contributed by atoms with Gasteiger partial charge < -0.3 is 10.1 Å². The molecular weight excluding hydrogens is 477 g/mol. The minimum Gasteiger partial charge on any atom is -0.466 e. The van der Waals surface area contributed by atoms with Gasteiger partial charge in [-0.2, -0.15) is 0 Å². The van der Waals surface area contributed by atoms with Crippen LogP contribution in [-0.4, -0.2) is 35.0 Å². The standard InChI is InChI=1S/C28H24FN3O3S/c1-2-35-24(33)9-6-16-30-25(34)18-10-11-20(21(29)17-18)26-31-22-12-13-23(32-27(22)36-26)28(14-15-28)19-7-4-3-5-8-19/h3-5,7-8,10-15,17H,2,6,9,16H2,1H3,(H,30,34). The number of pyridine rings is 1. The number of hydrogen-bond donors (Lipinski definition) is 1. The van der Waals surface area contributed by atoms with Crippen LogP contribution in [0.4, 0.5) is 4.39 Å². The molecule has 182 valence electrons. The number of hydrogen-bond acceptors (Lipinski definition) is 6. The van der Waals surface area contributed by atoms with E-state index >= 15 is 0 Å². The van der Waals surface area contributed by atoms with Crippen LogP contribution in [0.25, 0.3) is 20.9 Å². The first-order chi connectivity index (χ1) is 17.5. The van der Waals surface area contributed by atoms with Crippen LogP contribution in [0.2, 0.25) is 0 Å². The van der Waals surface area contributed by atoms with Crippen LogP contribution in [0.1, 0.15) is 41.4 Å². The third-order valence-corrected chi connectivity index (χ3v) is 7.04. The minimum atomic E-state index is -0.530. The van der Waals surface area contributed by atoms with Crippen molar-refractivity contribution in [2.75, 3.05) is 13.2 Å². The molecule has 0 unspecified atom stereocenters. The Morgan fingerprint density at radius 1 is 1.06 bits per heavy atom. The Morgan fingerprint density at radius 2 is 1.86 bits per heavy atom. The number of amides is 1. The van der Waals surface area contributed by atoms with Crippen LogP contribution in [0.5, 0.6) is 0 Å². The molecule has 4 aromatic rings. The fraction of sp³-hybridized carbons (Fsp3) is 0.214. The maximum absolute atomic E-state index is 15.0. The van der Waals surface area contributed by atoms with Crippen LogP contribution in [0.15, 0.2) is 72.8 Å². The molecule has 0 aliphatic heterocycles. The zero-order valence-electron chi connectivity index (χ0n) is 19.7. The molecule has 36 heavy (non-hydrogen) atoms. The van der Waals surface area contributed by atoms with Gasteiger partial charge in [-0.05, 0) is 49.2 Å². The second-order valence-corrected chi connectivity index (χ2v) is 9.44. The van der Waals surface area contributed by atoms with Crippen molar-refractivity contribution in [1.82, 2.24) is 15.3 Å². The highest BCUT2D eigenvalue weighted by Gasteiger charge is 2.39. The summed E-state index contributed by atoms with van der Waals surface area (Å²) in [7, 11) is 0. The Kier molecular flexibility index (Phi) is 6.61. The number of fused-ring (bicyclic) bond motifs is 1. The quantitative estimate of drug-likeness (QED) is 0.188. The molecule has 2 heterocycles. The third-order valence-electron chi connectivity index (χ3n) is 6.04. The molecule has 1 aliphatic carbocycles. The maximum Gasteiger partial charge on any atom is 0.305 e. The highest BCUT2D eigenvalue weighted by Crippen LogP contribution is 2.45. The second kappa shape index (κ2) is 9.99. The Bertz CT molecular complexity index is 1460. The van der Waals surface area contributed by atoms with Gasteiger partial charge in [-0.25, -0.2) is 14.4 Å². The molecule has 2 aromatic heterocycles. The number of rotatable bonds is 9. The van der Waals surface area contributed by atoms with E-state index in [1.165, 1.54) is 17.4 Å². The molecule has 1 aliphatic rings. The van der Waals surface area contributed by atoms with E-state index in [4.69, 9.17) is 9.72 Å². The lowest BCUT2D eigenvalue weighted by molar-refractivity contribution is -0.143. The van der Waals surface area contributed by atoms with Crippen molar-refractivity contribution in [3.8, 4) is 10.6 Å². The minimum absolute atomic E-state index is 0.207. The monoisotopic (exact) mass is 501 g/mol. The molecule has 1 N–H and O–H groups in total. The first kappa shape index (κ1) is 23.8. The number of ether oxygens (including phenoxy) is 1. The molecule has 5 rings (SSSR count). The van der Waals surface area contributed by atoms with Gasteiger partial charge in [-0.3, -0.25) is 9.59 Å². The second-order valence-electron chi connectivity index (χ2n) is 8.47. The summed E-state index contributed by atoms with van der Waals surface area (Å²) in [6.45, 7) is 2.37.